The fraction of sp³-hybridized carbons (Fsp3) is 0.545. The number of nitrogens with zero attached hydrogens (tertiary/aromatic N) is 1. The largest absolute Gasteiger partial charge is 0.573 e. The van der Waals surface area contributed by atoms with Crippen molar-refractivity contribution in [2.75, 3.05) is 17.7 Å². The molecule has 1 rings (SSSR count). The topological polar surface area (TPSA) is 34.1 Å². The first-order chi connectivity index (χ1) is 8.22. The van der Waals surface area contributed by atoms with Crippen LogP contribution in [0.1, 0.15) is 13.8 Å². The number of alkyl halides is 4. The number of ether oxygens (including phenoxy) is 1. The molecule has 0 amide bonds. The maximum Gasteiger partial charge on any atom is 0.573 e. The Kier molecular flexibility index (Phi) is 4.67. The van der Waals surface area contributed by atoms with E-state index in [1.165, 1.54) is 12.1 Å². The molecule has 18 heavy (non-hydrogen) atoms. The molecule has 1 aromatic heterocycles. The Morgan fingerprint density at radius 1 is 1.33 bits per heavy atom. The van der Waals surface area contributed by atoms with Crippen molar-refractivity contribution < 1.29 is 17.9 Å². The molecule has 0 spiro atoms. The van der Waals surface area contributed by atoms with Gasteiger partial charge in [0.2, 0.25) is 0 Å². The number of pyridine rings is 1. The number of rotatable bonds is 5. The summed E-state index contributed by atoms with van der Waals surface area (Å²) < 4.78 is 39.4. The third kappa shape index (κ3) is 5.44. The molecule has 0 atom stereocenters. The van der Waals surface area contributed by atoms with Crippen LogP contribution in [0.4, 0.5) is 19.0 Å². The van der Waals surface area contributed by atoms with Gasteiger partial charge in [-0.1, -0.05) is 13.8 Å². The van der Waals surface area contributed by atoms with Gasteiger partial charge in [0.1, 0.15) is 11.6 Å². The van der Waals surface area contributed by atoms with Crippen molar-refractivity contribution in [3.8, 4) is 5.75 Å². The number of nitrogens with one attached hydrogen (secondary N) is 1. The summed E-state index contributed by atoms with van der Waals surface area (Å²) in [7, 11) is 0. The highest BCUT2D eigenvalue weighted by atomic mass is 35.5. The molecule has 0 saturated carbocycles. The lowest BCUT2D eigenvalue weighted by atomic mass is 9.97. The average molecular weight is 283 g/mol. The quantitative estimate of drug-likeness (QED) is 0.837. The summed E-state index contributed by atoms with van der Waals surface area (Å²) in [6.45, 7) is 4.51. The normalized spacial score (nSPS) is 12.3. The molecule has 0 bridgehead atoms. The number of aromatic nitrogens is 1. The molecule has 1 heterocycles. The van der Waals surface area contributed by atoms with Gasteiger partial charge in [-0.3, -0.25) is 0 Å². The molecule has 0 unspecified atom stereocenters. The van der Waals surface area contributed by atoms with Crippen LogP contribution in [-0.2, 0) is 0 Å². The van der Waals surface area contributed by atoms with Gasteiger partial charge in [0, 0.05) is 12.4 Å². The fourth-order valence-electron chi connectivity index (χ4n) is 1.06. The highest BCUT2D eigenvalue weighted by Crippen LogP contribution is 2.23. The van der Waals surface area contributed by atoms with E-state index >= 15 is 0 Å². The molecule has 0 saturated heterocycles. The van der Waals surface area contributed by atoms with Gasteiger partial charge in [-0.15, -0.1) is 24.8 Å². The number of halogens is 4. The Bertz CT molecular complexity index is 379. The van der Waals surface area contributed by atoms with E-state index in [4.69, 9.17) is 11.6 Å². The monoisotopic (exact) mass is 282 g/mol. The fourth-order valence-corrected chi connectivity index (χ4v) is 1.15. The summed E-state index contributed by atoms with van der Waals surface area (Å²) >= 11 is 5.75. The Hall–Kier alpha value is -1.17. The minimum Gasteiger partial charge on any atom is -0.404 e. The smallest absolute Gasteiger partial charge is 0.404 e. The van der Waals surface area contributed by atoms with E-state index in [-0.39, 0.29) is 11.2 Å². The summed E-state index contributed by atoms with van der Waals surface area (Å²) in [6, 6.07) is 2.63. The number of anilines is 1. The van der Waals surface area contributed by atoms with E-state index in [1.54, 1.807) is 0 Å². The molecular weight excluding hydrogens is 269 g/mol. The van der Waals surface area contributed by atoms with Crippen LogP contribution in [0.25, 0.3) is 0 Å². The molecule has 1 aromatic rings. The zero-order valence-electron chi connectivity index (χ0n) is 10.0. The first-order valence-electron chi connectivity index (χ1n) is 5.23. The summed E-state index contributed by atoms with van der Waals surface area (Å²) in [6.07, 6.45) is -3.68. The molecule has 7 heteroatoms. The average Bonchev–Trinajstić information content (AvgIpc) is 2.26. The van der Waals surface area contributed by atoms with Crippen LogP contribution in [0.15, 0.2) is 18.3 Å². The summed E-state index contributed by atoms with van der Waals surface area (Å²) in [5, 5.41) is 2.99. The molecular formula is C11H14ClF3N2O. The highest BCUT2D eigenvalue weighted by Gasteiger charge is 2.31. The maximum absolute atomic E-state index is 11.9. The van der Waals surface area contributed by atoms with Gasteiger partial charge < -0.3 is 10.1 Å². The van der Waals surface area contributed by atoms with E-state index in [0.717, 1.165) is 6.20 Å². The van der Waals surface area contributed by atoms with Gasteiger partial charge in [-0.25, -0.2) is 4.98 Å². The SMILES string of the molecule is CC(C)(CCl)CNc1ccc(OC(F)(F)F)cn1. The Labute approximate surface area is 108 Å². The molecule has 0 aromatic carbocycles. The van der Waals surface area contributed by atoms with E-state index < -0.39 is 6.36 Å². The second kappa shape index (κ2) is 5.65. The van der Waals surface area contributed by atoms with Crippen molar-refractivity contribution in [3.05, 3.63) is 18.3 Å². The lowest BCUT2D eigenvalue weighted by Crippen LogP contribution is -2.25. The molecule has 0 aliphatic rings. The lowest BCUT2D eigenvalue weighted by molar-refractivity contribution is -0.274. The highest BCUT2D eigenvalue weighted by molar-refractivity contribution is 6.18. The van der Waals surface area contributed by atoms with Crippen LogP contribution in [0.2, 0.25) is 0 Å². The van der Waals surface area contributed by atoms with Crippen LogP contribution in [-0.4, -0.2) is 23.8 Å². The van der Waals surface area contributed by atoms with E-state index in [9.17, 15) is 13.2 Å². The van der Waals surface area contributed by atoms with Crippen LogP contribution in [0.3, 0.4) is 0 Å². The Morgan fingerprint density at radius 2 is 2.00 bits per heavy atom. The van der Waals surface area contributed by atoms with Gasteiger partial charge in [-0.2, -0.15) is 0 Å². The molecule has 1 N–H and O–H groups in total. The third-order valence-corrected chi connectivity index (χ3v) is 2.80. The van der Waals surface area contributed by atoms with Crippen molar-refractivity contribution >= 4 is 17.4 Å². The van der Waals surface area contributed by atoms with Crippen molar-refractivity contribution in [3.63, 3.8) is 0 Å². The minimum atomic E-state index is -4.70. The first kappa shape index (κ1) is 14.9. The van der Waals surface area contributed by atoms with Gasteiger partial charge in [-0.05, 0) is 17.5 Å². The first-order valence-corrected chi connectivity index (χ1v) is 5.77. The summed E-state index contributed by atoms with van der Waals surface area (Å²) in [5.74, 6) is 0.599. The lowest BCUT2D eigenvalue weighted by Gasteiger charge is -2.21. The minimum absolute atomic E-state index is 0.121. The number of hydrogen-bond donors (Lipinski definition) is 1. The molecule has 0 radical (unpaired) electrons. The van der Waals surface area contributed by atoms with E-state index in [1.807, 2.05) is 13.8 Å². The zero-order chi connectivity index (χ0) is 13.8. The molecule has 0 aliphatic carbocycles. The van der Waals surface area contributed by atoms with Crippen molar-refractivity contribution in [2.45, 2.75) is 20.2 Å². The van der Waals surface area contributed by atoms with Gasteiger partial charge in [0.15, 0.2) is 0 Å². The van der Waals surface area contributed by atoms with Gasteiger partial charge >= 0.3 is 6.36 Å². The summed E-state index contributed by atoms with van der Waals surface area (Å²) in [4.78, 5) is 3.82. The molecule has 0 aliphatic heterocycles. The zero-order valence-corrected chi connectivity index (χ0v) is 10.8. The van der Waals surface area contributed by atoms with Gasteiger partial charge in [0.25, 0.3) is 0 Å². The van der Waals surface area contributed by atoms with Crippen LogP contribution < -0.4 is 10.1 Å². The van der Waals surface area contributed by atoms with Crippen LogP contribution >= 0.6 is 11.6 Å². The van der Waals surface area contributed by atoms with Crippen molar-refractivity contribution in [1.29, 1.82) is 0 Å². The van der Waals surface area contributed by atoms with Crippen molar-refractivity contribution in [1.82, 2.24) is 4.98 Å². The maximum atomic E-state index is 11.9. The molecule has 0 fully saturated rings. The second-order valence-corrected chi connectivity index (χ2v) is 4.85. The predicted octanol–water partition coefficient (Wildman–Crippen LogP) is 3.66. The second-order valence-electron chi connectivity index (χ2n) is 4.58. The van der Waals surface area contributed by atoms with Crippen LogP contribution in [0, 0.1) is 5.41 Å². The Morgan fingerprint density at radius 3 is 2.44 bits per heavy atom. The van der Waals surface area contributed by atoms with Gasteiger partial charge in [0.05, 0.1) is 6.20 Å². The summed E-state index contributed by atoms with van der Waals surface area (Å²) in [5.41, 5.74) is -0.121. The predicted molar refractivity (Wildman–Crippen MR) is 63.9 cm³/mol. The van der Waals surface area contributed by atoms with E-state index in [2.05, 4.69) is 15.0 Å². The third-order valence-electron chi connectivity index (χ3n) is 2.08. The Balaban J connectivity index is 2.56. The molecule has 102 valence electrons. The number of hydrogen-bond acceptors (Lipinski definition) is 3. The van der Waals surface area contributed by atoms with E-state index in [0.29, 0.717) is 18.2 Å². The molecule has 3 nitrogen and oxygen atoms in total. The standard InChI is InChI=1S/C11H14ClF3N2O/c1-10(2,6-12)7-17-9-4-3-8(5-16-9)18-11(13,14)15/h3-5H,6-7H2,1-2H3,(H,16,17). The van der Waals surface area contributed by atoms with Crippen LogP contribution in [0.5, 0.6) is 5.75 Å². The van der Waals surface area contributed by atoms with Crippen molar-refractivity contribution in [2.24, 2.45) is 5.41 Å².